The first-order valence-electron chi connectivity index (χ1n) is 24.0. The second-order valence-corrected chi connectivity index (χ2v) is 16.0. The zero-order valence-electron chi connectivity index (χ0n) is 37.2. The van der Waals surface area contributed by atoms with Crippen LogP contribution in [0.25, 0.3) is 0 Å². The van der Waals surface area contributed by atoms with E-state index in [0.717, 1.165) is 70.6 Å². The molecule has 0 aliphatic carbocycles. The first kappa shape index (κ1) is 53.6. The third kappa shape index (κ3) is 42.8. The molecule has 0 fully saturated rings. The number of hydrogen-bond acceptors (Lipinski definition) is 6. The van der Waals surface area contributed by atoms with Crippen molar-refractivity contribution in [2.45, 2.75) is 252 Å². The Labute approximate surface area is 346 Å². The smallest absolute Gasteiger partial charge is 0.306 e. The summed E-state index contributed by atoms with van der Waals surface area (Å²) in [5.41, 5.74) is 0. The Morgan fingerprint density at radius 1 is 0.375 bits per heavy atom. The zero-order valence-corrected chi connectivity index (χ0v) is 37.2. The summed E-state index contributed by atoms with van der Waals surface area (Å²) in [7, 11) is 0. The van der Waals surface area contributed by atoms with E-state index in [-0.39, 0.29) is 31.1 Å². The molecule has 0 rings (SSSR count). The van der Waals surface area contributed by atoms with Crippen LogP contribution in [0, 0.1) is 0 Å². The largest absolute Gasteiger partial charge is 0.462 e. The number of unbranched alkanes of at least 4 members (excludes halogenated alkanes) is 26. The fourth-order valence-corrected chi connectivity index (χ4v) is 6.77. The molecule has 6 heteroatoms. The first-order chi connectivity index (χ1) is 27.5. The molecular weight excluding hydrogens is 697 g/mol. The van der Waals surface area contributed by atoms with Crippen molar-refractivity contribution in [2.75, 3.05) is 13.2 Å². The molecule has 1 atom stereocenters. The lowest BCUT2D eigenvalue weighted by Gasteiger charge is -2.18. The highest BCUT2D eigenvalue weighted by Crippen LogP contribution is 2.15. The van der Waals surface area contributed by atoms with Crippen LogP contribution in [0.4, 0.5) is 0 Å². The Balaban J connectivity index is 4.32. The van der Waals surface area contributed by atoms with Crippen LogP contribution >= 0.6 is 0 Å². The van der Waals surface area contributed by atoms with Gasteiger partial charge in [-0.25, -0.2) is 0 Å². The number of ether oxygens (including phenoxy) is 3. The number of carbonyl (C=O) groups is 3. The summed E-state index contributed by atoms with van der Waals surface area (Å²) < 4.78 is 16.7. The van der Waals surface area contributed by atoms with Crippen LogP contribution < -0.4 is 0 Å². The van der Waals surface area contributed by atoms with Gasteiger partial charge < -0.3 is 14.2 Å². The highest BCUT2D eigenvalue weighted by Gasteiger charge is 2.19. The van der Waals surface area contributed by atoms with Crippen molar-refractivity contribution in [3.05, 3.63) is 36.5 Å². The predicted molar refractivity (Wildman–Crippen MR) is 238 cm³/mol. The summed E-state index contributed by atoms with van der Waals surface area (Å²) in [6.07, 6.45) is 51.4. The molecule has 0 spiro atoms. The third-order valence-electron chi connectivity index (χ3n) is 10.4. The summed E-state index contributed by atoms with van der Waals surface area (Å²) in [4.78, 5) is 37.7. The molecule has 0 bridgehead atoms. The van der Waals surface area contributed by atoms with Gasteiger partial charge in [0.05, 0.1) is 0 Å². The Bertz CT molecular complexity index is 953. The molecule has 0 aromatic rings. The van der Waals surface area contributed by atoms with Crippen LogP contribution in [0.15, 0.2) is 36.5 Å². The minimum Gasteiger partial charge on any atom is -0.462 e. The SMILES string of the molecule is CC/C=C\C/C=C\CCCCC(=O)OCC(COC(=O)CCCCCCCCC/C=C\CCCCCCCC)OC(=O)CCCCCCCCCCCCCC. The van der Waals surface area contributed by atoms with Gasteiger partial charge in [0.15, 0.2) is 6.10 Å². The van der Waals surface area contributed by atoms with E-state index in [9.17, 15) is 14.4 Å². The van der Waals surface area contributed by atoms with Crippen molar-refractivity contribution < 1.29 is 28.6 Å². The number of rotatable bonds is 43. The van der Waals surface area contributed by atoms with Crippen molar-refractivity contribution in [1.82, 2.24) is 0 Å². The molecule has 0 saturated carbocycles. The van der Waals surface area contributed by atoms with E-state index in [1.54, 1.807) is 0 Å². The van der Waals surface area contributed by atoms with Crippen LogP contribution in [0.5, 0.6) is 0 Å². The summed E-state index contributed by atoms with van der Waals surface area (Å²) in [6.45, 7) is 6.48. The van der Waals surface area contributed by atoms with Gasteiger partial charge in [-0.05, 0) is 70.6 Å². The molecule has 0 heterocycles. The molecule has 0 aromatic carbocycles. The predicted octanol–water partition coefficient (Wildman–Crippen LogP) is 15.4. The van der Waals surface area contributed by atoms with Gasteiger partial charge in [0.1, 0.15) is 13.2 Å². The van der Waals surface area contributed by atoms with Crippen LogP contribution in [0.2, 0.25) is 0 Å². The highest BCUT2D eigenvalue weighted by atomic mass is 16.6. The maximum Gasteiger partial charge on any atom is 0.306 e. The normalized spacial score (nSPS) is 12.3. The lowest BCUT2D eigenvalue weighted by Crippen LogP contribution is -2.30. The van der Waals surface area contributed by atoms with Gasteiger partial charge in [0, 0.05) is 19.3 Å². The van der Waals surface area contributed by atoms with Crippen molar-refractivity contribution in [3.63, 3.8) is 0 Å². The molecule has 0 saturated heterocycles. The van der Waals surface area contributed by atoms with Crippen LogP contribution in [0.3, 0.4) is 0 Å². The number of allylic oxidation sites excluding steroid dienone is 6. The molecule has 0 N–H and O–H groups in total. The van der Waals surface area contributed by atoms with E-state index in [0.29, 0.717) is 19.3 Å². The zero-order chi connectivity index (χ0) is 40.8. The first-order valence-corrected chi connectivity index (χ1v) is 24.0. The van der Waals surface area contributed by atoms with Gasteiger partial charge in [0.25, 0.3) is 0 Å². The molecule has 0 aromatic heterocycles. The molecule has 326 valence electrons. The topological polar surface area (TPSA) is 78.9 Å². The quantitative estimate of drug-likeness (QED) is 0.0265. The van der Waals surface area contributed by atoms with Gasteiger partial charge >= 0.3 is 17.9 Å². The number of hydrogen-bond donors (Lipinski definition) is 0. The summed E-state index contributed by atoms with van der Waals surface area (Å²) in [6, 6.07) is 0. The van der Waals surface area contributed by atoms with Crippen LogP contribution in [-0.4, -0.2) is 37.2 Å². The lowest BCUT2D eigenvalue weighted by molar-refractivity contribution is -0.167. The van der Waals surface area contributed by atoms with Gasteiger partial charge in [-0.15, -0.1) is 0 Å². The molecule has 0 aliphatic heterocycles. The van der Waals surface area contributed by atoms with Crippen molar-refractivity contribution in [1.29, 1.82) is 0 Å². The Kier molecular flexibility index (Phi) is 43.4. The monoisotopic (exact) mass is 787 g/mol. The Morgan fingerprint density at radius 2 is 0.696 bits per heavy atom. The van der Waals surface area contributed by atoms with Crippen molar-refractivity contribution in [3.8, 4) is 0 Å². The number of esters is 3. The Hall–Kier alpha value is -2.37. The summed E-state index contributed by atoms with van der Waals surface area (Å²) in [5, 5.41) is 0. The van der Waals surface area contributed by atoms with Crippen molar-refractivity contribution >= 4 is 17.9 Å². The van der Waals surface area contributed by atoms with Gasteiger partial charge in [-0.3, -0.25) is 14.4 Å². The molecule has 6 nitrogen and oxygen atoms in total. The van der Waals surface area contributed by atoms with Gasteiger partial charge in [0.2, 0.25) is 0 Å². The van der Waals surface area contributed by atoms with E-state index >= 15 is 0 Å². The average Bonchev–Trinajstić information content (AvgIpc) is 3.19. The number of carbonyl (C=O) groups excluding carboxylic acids is 3. The standard InChI is InChI=1S/C50H90O6/c1-4-7-10-13-16-19-21-23-24-25-26-27-29-31-34-37-40-43-49(52)55-46-47(45-54-48(51)42-39-36-33-30-18-15-12-9-6-3)56-50(53)44-41-38-35-32-28-22-20-17-14-11-8-5-2/h9,12,18,23-24,30,47H,4-8,10-11,13-17,19-22,25-29,31-46H2,1-3H3/b12-9-,24-23-,30-18-. The van der Waals surface area contributed by atoms with E-state index in [2.05, 4.69) is 57.2 Å². The molecular formula is C50H90O6. The summed E-state index contributed by atoms with van der Waals surface area (Å²) in [5.74, 6) is -0.920. The van der Waals surface area contributed by atoms with Crippen LogP contribution in [0.1, 0.15) is 245 Å². The molecule has 1 unspecified atom stereocenters. The maximum absolute atomic E-state index is 12.7. The van der Waals surface area contributed by atoms with E-state index in [1.807, 2.05) is 0 Å². The molecule has 56 heavy (non-hydrogen) atoms. The average molecular weight is 787 g/mol. The minimum atomic E-state index is -0.780. The van der Waals surface area contributed by atoms with E-state index in [1.165, 1.54) is 135 Å². The highest BCUT2D eigenvalue weighted by molar-refractivity contribution is 5.71. The fraction of sp³-hybridized carbons (Fsp3) is 0.820. The van der Waals surface area contributed by atoms with Crippen molar-refractivity contribution in [2.24, 2.45) is 0 Å². The summed E-state index contributed by atoms with van der Waals surface area (Å²) >= 11 is 0. The lowest BCUT2D eigenvalue weighted by atomic mass is 10.0. The van der Waals surface area contributed by atoms with Gasteiger partial charge in [-0.1, -0.05) is 192 Å². The second kappa shape index (κ2) is 45.3. The minimum absolute atomic E-state index is 0.0824. The molecule has 0 radical (unpaired) electrons. The van der Waals surface area contributed by atoms with E-state index in [4.69, 9.17) is 14.2 Å². The van der Waals surface area contributed by atoms with Crippen LogP contribution in [-0.2, 0) is 28.6 Å². The molecule has 0 amide bonds. The fourth-order valence-electron chi connectivity index (χ4n) is 6.77. The van der Waals surface area contributed by atoms with E-state index < -0.39 is 6.10 Å². The van der Waals surface area contributed by atoms with Gasteiger partial charge in [-0.2, -0.15) is 0 Å². The molecule has 0 aliphatic rings. The second-order valence-electron chi connectivity index (χ2n) is 16.0. The third-order valence-corrected chi connectivity index (χ3v) is 10.4. The maximum atomic E-state index is 12.7. The Morgan fingerprint density at radius 3 is 1.12 bits per heavy atom.